The molecule has 0 aromatic heterocycles. The summed E-state index contributed by atoms with van der Waals surface area (Å²) in [6, 6.07) is 12.1. The Bertz CT molecular complexity index is 1040. The number of aryl methyl sites for hydroxylation is 1. The average Bonchev–Trinajstić information content (AvgIpc) is 2.81. The highest BCUT2D eigenvalue weighted by atomic mass is 35.5. The van der Waals surface area contributed by atoms with Gasteiger partial charge in [0.15, 0.2) is 0 Å². The lowest BCUT2D eigenvalue weighted by Crippen LogP contribution is -2.52. The first-order valence-electron chi connectivity index (χ1n) is 11.3. The van der Waals surface area contributed by atoms with E-state index in [1.54, 1.807) is 16.8 Å². The van der Waals surface area contributed by atoms with Crippen LogP contribution < -0.4 is 5.32 Å². The molecule has 1 heterocycles. The van der Waals surface area contributed by atoms with E-state index in [1.807, 2.05) is 29.2 Å². The summed E-state index contributed by atoms with van der Waals surface area (Å²) in [4.78, 5) is 41.4. The molecular formula is C24H30ClN5O4. The molecule has 1 aliphatic rings. The highest BCUT2D eigenvalue weighted by Crippen LogP contribution is 2.23. The molecule has 0 bridgehead atoms. The zero-order valence-corrected chi connectivity index (χ0v) is 20.3. The van der Waals surface area contributed by atoms with Crippen molar-refractivity contribution in [2.45, 2.75) is 19.9 Å². The van der Waals surface area contributed by atoms with Crippen LogP contribution in [0.2, 0.25) is 5.02 Å². The van der Waals surface area contributed by atoms with Gasteiger partial charge in [-0.15, -0.1) is 0 Å². The average molecular weight is 488 g/mol. The third-order valence-electron chi connectivity index (χ3n) is 5.85. The SMILES string of the molecule is CCc1ccccc1NC(=O)CN1CCN(C(=O)CN(C)Cc2cc([N+](=O)[O-])ccc2Cl)CC1. The maximum absolute atomic E-state index is 12.7. The van der Waals surface area contributed by atoms with Crippen LogP contribution in [0.5, 0.6) is 0 Å². The predicted molar refractivity (Wildman–Crippen MR) is 132 cm³/mol. The van der Waals surface area contributed by atoms with Crippen LogP contribution in [0.15, 0.2) is 42.5 Å². The number of non-ortho nitro benzene ring substituents is 1. The topological polar surface area (TPSA) is 99.0 Å². The molecule has 0 spiro atoms. The molecule has 0 aliphatic carbocycles. The van der Waals surface area contributed by atoms with E-state index in [4.69, 9.17) is 11.6 Å². The minimum Gasteiger partial charge on any atom is -0.339 e. The molecule has 2 aromatic rings. The normalized spacial score (nSPS) is 14.3. The second kappa shape index (κ2) is 11.9. The number of nitro benzene ring substituents is 1. The molecular weight excluding hydrogens is 458 g/mol. The number of carbonyl (C=O) groups is 2. The molecule has 34 heavy (non-hydrogen) atoms. The van der Waals surface area contributed by atoms with Gasteiger partial charge in [-0.1, -0.05) is 36.7 Å². The molecule has 1 saturated heterocycles. The van der Waals surface area contributed by atoms with Gasteiger partial charge in [0.05, 0.1) is 18.0 Å². The molecule has 0 atom stereocenters. The van der Waals surface area contributed by atoms with Gasteiger partial charge >= 0.3 is 0 Å². The Balaban J connectivity index is 1.45. The number of nitrogens with zero attached hydrogens (tertiary/aromatic N) is 4. The highest BCUT2D eigenvalue weighted by Gasteiger charge is 2.23. The highest BCUT2D eigenvalue weighted by molar-refractivity contribution is 6.31. The van der Waals surface area contributed by atoms with Crippen molar-refractivity contribution in [1.29, 1.82) is 0 Å². The van der Waals surface area contributed by atoms with Crippen molar-refractivity contribution in [1.82, 2.24) is 14.7 Å². The van der Waals surface area contributed by atoms with Crippen LogP contribution in [-0.4, -0.2) is 77.8 Å². The number of nitrogens with one attached hydrogen (secondary N) is 1. The number of anilines is 1. The quantitative estimate of drug-likeness (QED) is 0.431. The zero-order chi connectivity index (χ0) is 24.7. The Labute approximate surface area is 204 Å². The molecule has 2 amide bonds. The van der Waals surface area contributed by atoms with E-state index in [-0.39, 0.29) is 30.6 Å². The maximum Gasteiger partial charge on any atom is 0.269 e. The van der Waals surface area contributed by atoms with Crippen LogP contribution in [0.1, 0.15) is 18.1 Å². The Morgan fingerprint density at radius 2 is 1.82 bits per heavy atom. The molecule has 0 radical (unpaired) electrons. The summed E-state index contributed by atoms with van der Waals surface area (Å²) in [5.41, 5.74) is 2.52. The van der Waals surface area contributed by atoms with Gasteiger partial charge in [0.1, 0.15) is 0 Å². The molecule has 0 saturated carbocycles. The van der Waals surface area contributed by atoms with Crippen molar-refractivity contribution in [3.8, 4) is 0 Å². The number of para-hydroxylation sites is 1. The summed E-state index contributed by atoms with van der Waals surface area (Å²) in [6.07, 6.45) is 0.846. The standard InChI is InChI=1S/C24H30ClN5O4/c1-3-18-6-4-5-7-22(18)26-23(31)16-28-10-12-29(13-11-28)24(32)17-27(2)15-19-14-20(30(33)34)8-9-21(19)25/h4-9,14H,3,10-13,15-17H2,1-2H3,(H,26,31). The monoisotopic (exact) mass is 487 g/mol. The Kier molecular flexibility index (Phi) is 8.98. The molecule has 3 rings (SSSR count). The number of piperazine rings is 1. The van der Waals surface area contributed by atoms with Crippen LogP contribution in [0.3, 0.4) is 0 Å². The molecule has 9 nitrogen and oxygen atoms in total. The molecule has 2 aromatic carbocycles. The number of rotatable bonds is 9. The number of hydrogen-bond donors (Lipinski definition) is 1. The molecule has 1 N–H and O–H groups in total. The van der Waals surface area contributed by atoms with Gasteiger partial charge in [-0.3, -0.25) is 29.5 Å². The largest absolute Gasteiger partial charge is 0.339 e. The van der Waals surface area contributed by atoms with E-state index in [0.29, 0.717) is 43.3 Å². The minimum absolute atomic E-state index is 0.0231. The van der Waals surface area contributed by atoms with Gasteiger partial charge < -0.3 is 10.2 Å². The van der Waals surface area contributed by atoms with Gasteiger partial charge in [-0.25, -0.2) is 0 Å². The van der Waals surface area contributed by atoms with Gasteiger partial charge in [0, 0.05) is 55.6 Å². The molecule has 0 unspecified atom stereocenters. The number of nitro groups is 1. The third-order valence-corrected chi connectivity index (χ3v) is 6.22. The summed E-state index contributed by atoms with van der Waals surface area (Å²) < 4.78 is 0. The first kappa shape index (κ1) is 25.6. The van der Waals surface area contributed by atoms with E-state index < -0.39 is 4.92 Å². The van der Waals surface area contributed by atoms with Gasteiger partial charge in [-0.2, -0.15) is 0 Å². The van der Waals surface area contributed by atoms with E-state index in [9.17, 15) is 19.7 Å². The summed E-state index contributed by atoms with van der Waals surface area (Å²) in [7, 11) is 1.78. The van der Waals surface area contributed by atoms with Crippen LogP contribution in [0, 0.1) is 10.1 Å². The fourth-order valence-electron chi connectivity index (χ4n) is 3.97. The van der Waals surface area contributed by atoms with E-state index in [2.05, 4.69) is 12.2 Å². The predicted octanol–water partition coefficient (Wildman–Crippen LogP) is 3.03. The number of carbonyl (C=O) groups excluding carboxylic acids is 2. The second-order valence-corrected chi connectivity index (χ2v) is 8.83. The van der Waals surface area contributed by atoms with Gasteiger partial charge in [0.25, 0.3) is 5.69 Å². The van der Waals surface area contributed by atoms with Gasteiger partial charge in [0.2, 0.25) is 11.8 Å². The Morgan fingerprint density at radius 3 is 2.50 bits per heavy atom. The van der Waals surface area contributed by atoms with Crippen LogP contribution in [0.25, 0.3) is 0 Å². The molecule has 1 aliphatic heterocycles. The fourth-order valence-corrected chi connectivity index (χ4v) is 4.15. The molecule has 1 fully saturated rings. The van der Waals surface area contributed by atoms with Crippen molar-refractivity contribution >= 4 is 34.8 Å². The number of amides is 2. The number of benzene rings is 2. The van der Waals surface area contributed by atoms with Crippen molar-refractivity contribution in [2.75, 3.05) is 51.6 Å². The van der Waals surface area contributed by atoms with E-state index in [1.165, 1.54) is 18.2 Å². The van der Waals surface area contributed by atoms with Crippen LogP contribution >= 0.6 is 11.6 Å². The fraction of sp³-hybridized carbons (Fsp3) is 0.417. The number of likely N-dealkylation sites (N-methyl/N-ethyl adjacent to an activating group) is 1. The van der Waals surface area contributed by atoms with Crippen molar-refractivity contribution < 1.29 is 14.5 Å². The lowest BCUT2D eigenvalue weighted by molar-refractivity contribution is -0.384. The zero-order valence-electron chi connectivity index (χ0n) is 19.5. The second-order valence-electron chi connectivity index (χ2n) is 8.42. The molecule has 182 valence electrons. The lowest BCUT2D eigenvalue weighted by atomic mass is 10.1. The van der Waals surface area contributed by atoms with Crippen molar-refractivity contribution in [2.24, 2.45) is 0 Å². The van der Waals surface area contributed by atoms with Crippen molar-refractivity contribution in [3.05, 3.63) is 68.7 Å². The summed E-state index contributed by atoms with van der Waals surface area (Å²) >= 11 is 6.17. The molecule has 10 heteroatoms. The maximum atomic E-state index is 12.7. The summed E-state index contributed by atoms with van der Waals surface area (Å²) in [6.45, 7) is 5.16. The van der Waals surface area contributed by atoms with E-state index >= 15 is 0 Å². The Morgan fingerprint density at radius 1 is 1.12 bits per heavy atom. The lowest BCUT2D eigenvalue weighted by Gasteiger charge is -2.35. The number of hydrogen-bond acceptors (Lipinski definition) is 6. The Hall–Kier alpha value is -3.01. The first-order valence-corrected chi connectivity index (χ1v) is 11.6. The number of halogens is 1. The van der Waals surface area contributed by atoms with Gasteiger partial charge in [-0.05, 0) is 36.7 Å². The third kappa shape index (κ3) is 6.99. The summed E-state index contributed by atoms with van der Waals surface area (Å²) in [5.74, 6) is -0.0840. The minimum atomic E-state index is -0.465. The van der Waals surface area contributed by atoms with E-state index in [0.717, 1.165) is 17.7 Å². The smallest absolute Gasteiger partial charge is 0.269 e. The van der Waals surface area contributed by atoms with Crippen LogP contribution in [0.4, 0.5) is 11.4 Å². The first-order chi connectivity index (χ1) is 16.3. The summed E-state index contributed by atoms with van der Waals surface area (Å²) in [5, 5.41) is 14.4. The van der Waals surface area contributed by atoms with Crippen LogP contribution in [-0.2, 0) is 22.6 Å². The van der Waals surface area contributed by atoms with Crippen molar-refractivity contribution in [3.63, 3.8) is 0 Å².